The van der Waals surface area contributed by atoms with Crippen LogP contribution in [0.15, 0.2) is 29.2 Å². The zero-order chi connectivity index (χ0) is 22.6. The van der Waals surface area contributed by atoms with Crippen LogP contribution in [0.1, 0.15) is 19.8 Å². The SMILES string of the molecule is CC(=O)Nc1ccc(S(=O)(=O)N(C)CC(=O)N2CCN(C(=O)C3CCCO3)CC2)cc1. The van der Waals surface area contributed by atoms with Crippen LogP contribution >= 0.6 is 0 Å². The molecule has 170 valence electrons. The molecule has 2 aliphatic rings. The van der Waals surface area contributed by atoms with E-state index in [-0.39, 0.29) is 35.3 Å². The lowest BCUT2D eigenvalue weighted by Crippen LogP contribution is -2.54. The summed E-state index contributed by atoms with van der Waals surface area (Å²) in [5.74, 6) is -0.604. The molecular formula is C20H28N4O6S. The topological polar surface area (TPSA) is 116 Å². The van der Waals surface area contributed by atoms with Crippen LogP contribution in [0.25, 0.3) is 0 Å². The number of rotatable bonds is 6. The first-order valence-electron chi connectivity index (χ1n) is 10.2. The van der Waals surface area contributed by atoms with Crippen molar-refractivity contribution in [1.29, 1.82) is 0 Å². The number of likely N-dealkylation sites (N-methyl/N-ethyl adjacent to an activating group) is 1. The van der Waals surface area contributed by atoms with E-state index in [1.54, 1.807) is 9.80 Å². The van der Waals surface area contributed by atoms with Crippen molar-refractivity contribution in [3.63, 3.8) is 0 Å². The van der Waals surface area contributed by atoms with Crippen LogP contribution in [-0.4, -0.2) is 92.7 Å². The van der Waals surface area contributed by atoms with Crippen molar-refractivity contribution < 1.29 is 27.5 Å². The number of anilines is 1. The molecule has 31 heavy (non-hydrogen) atoms. The molecule has 2 aliphatic heterocycles. The Bertz CT molecular complexity index is 919. The molecule has 3 rings (SSSR count). The highest BCUT2D eigenvalue weighted by molar-refractivity contribution is 7.89. The second-order valence-electron chi connectivity index (χ2n) is 7.67. The monoisotopic (exact) mass is 452 g/mol. The van der Waals surface area contributed by atoms with E-state index < -0.39 is 10.0 Å². The minimum absolute atomic E-state index is 0.0314. The predicted octanol–water partition coefficient (Wildman–Crippen LogP) is 0.115. The maximum atomic E-state index is 12.8. The van der Waals surface area contributed by atoms with Gasteiger partial charge in [-0.25, -0.2) is 8.42 Å². The number of nitrogens with zero attached hydrogens (tertiary/aromatic N) is 3. The summed E-state index contributed by atoms with van der Waals surface area (Å²) in [7, 11) is -2.51. The molecule has 0 bridgehead atoms. The van der Waals surface area contributed by atoms with Crippen molar-refractivity contribution in [2.75, 3.05) is 51.7 Å². The average molecular weight is 453 g/mol. The largest absolute Gasteiger partial charge is 0.368 e. The number of ether oxygens (including phenoxy) is 1. The zero-order valence-corrected chi connectivity index (χ0v) is 18.6. The Balaban J connectivity index is 1.53. The normalized spacial score (nSPS) is 19.5. The van der Waals surface area contributed by atoms with Gasteiger partial charge in [-0.3, -0.25) is 14.4 Å². The van der Waals surface area contributed by atoms with Crippen LogP contribution in [0, 0.1) is 0 Å². The van der Waals surface area contributed by atoms with E-state index in [0.717, 1.165) is 17.1 Å². The first kappa shape index (κ1) is 23.2. The molecular weight excluding hydrogens is 424 g/mol. The molecule has 2 heterocycles. The van der Waals surface area contributed by atoms with Crippen molar-refractivity contribution in [3.8, 4) is 0 Å². The van der Waals surface area contributed by atoms with E-state index in [0.29, 0.717) is 38.5 Å². The van der Waals surface area contributed by atoms with Crippen LogP contribution in [-0.2, 0) is 29.1 Å². The first-order valence-corrected chi connectivity index (χ1v) is 11.6. The number of piperazine rings is 1. The van der Waals surface area contributed by atoms with Gasteiger partial charge in [-0.05, 0) is 37.1 Å². The molecule has 10 nitrogen and oxygen atoms in total. The minimum Gasteiger partial charge on any atom is -0.368 e. The number of amides is 3. The molecule has 1 N–H and O–H groups in total. The summed E-state index contributed by atoms with van der Waals surface area (Å²) >= 11 is 0. The molecule has 11 heteroatoms. The van der Waals surface area contributed by atoms with Crippen LogP contribution in [0.3, 0.4) is 0 Å². The van der Waals surface area contributed by atoms with Crippen LogP contribution in [0.4, 0.5) is 5.69 Å². The molecule has 1 unspecified atom stereocenters. The van der Waals surface area contributed by atoms with E-state index in [4.69, 9.17) is 4.74 Å². The average Bonchev–Trinajstić information content (AvgIpc) is 3.28. The quantitative estimate of drug-likeness (QED) is 0.655. The standard InChI is InChI=1S/C20H28N4O6S/c1-15(25)21-16-5-7-17(8-6-16)31(28,29)22(2)14-19(26)23-9-11-24(12-10-23)20(27)18-4-3-13-30-18/h5-8,18H,3-4,9-14H2,1-2H3,(H,21,25). The van der Waals surface area contributed by atoms with Crippen LogP contribution in [0.2, 0.25) is 0 Å². The number of carbonyl (C=O) groups is 3. The van der Waals surface area contributed by atoms with Crippen molar-refractivity contribution >= 4 is 33.4 Å². The van der Waals surface area contributed by atoms with Gasteiger partial charge < -0.3 is 19.9 Å². The number of hydrogen-bond acceptors (Lipinski definition) is 6. The summed E-state index contributed by atoms with van der Waals surface area (Å²) in [6.07, 6.45) is 1.23. The van der Waals surface area contributed by atoms with Crippen molar-refractivity contribution in [3.05, 3.63) is 24.3 Å². The van der Waals surface area contributed by atoms with Gasteiger partial charge in [0, 0.05) is 52.4 Å². The summed E-state index contributed by atoms with van der Waals surface area (Å²) in [5, 5.41) is 2.57. The third kappa shape index (κ3) is 5.60. The Morgan fingerprint density at radius 3 is 2.26 bits per heavy atom. The van der Waals surface area contributed by atoms with Gasteiger partial charge in [-0.2, -0.15) is 4.31 Å². The van der Waals surface area contributed by atoms with Crippen molar-refractivity contribution in [2.45, 2.75) is 30.8 Å². The number of carbonyl (C=O) groups excluding carboxylic acids is 3. The number of nitrogens with one attached hydrogen (secondary N) is 1. The molecule has 1 aromatic carbocycles. The molecule has 0 saturated carbocycles. The highest BCUT2D eigenvalue weighted by Crippen LogP contribution is 2.19. The molecule has 0 radical (unpaired) electrons. The highest BCUT2D eigenvalue weighted by atomic mass is 32.2. The summed E-state index contributed by atoms with van der Waals surface area (Å²) in [4.78, 5) is 39.5. The Morgan fingerprint density at radius 1 is 1.10 bits per heavy atom. The maximum absolute atomic E-state index is 12.8. The molecule has 2 saturated heterocycles. The predicted molar refractivity (Wildman–Crippen MR) is 113 cm³/mol. The molecule has 0 spiro atoms. The van der Waals surface area contributed by atoms with E-state index in [9.17, 15) is 22.8 Å². The Morgan fingerprint density at radius 2 is 1.71 bits per heavy atom. The third-order valence-corrected chi connectivity index (χ3v) is 7.21. The molecule has 1 aromatic rings. The van der Waals surface area contributed by atoms with E-state index in [2.05, 4.69) is 5.32 Å². The summed E-state index contributed by atoms with van der Waals surface area (Å²) < 4.78 is 32.0. The summed E-state index contributed by atoms with van der Waals surface area (Å²) in [6.45, 7) is 3.20. The van der Waals surface area contributed by atoms with Crippen LogP contribution < -0.4 is 5.32 Å². The van der Waals surface area contributed by atoms with Gasteiger partial charge in [-0.15, -0.1) is 0 Å². The number of hydrogen-bond donors (Lipinski definition) is 1. The lowest BCUT2D eigenvalue weighted by molar-refractivity contribution is -0.146. The van der Waals surface area contributed by atoms with Gasteiger partial charge >= 0.3 is 0 Å². The fourth-order valence-electron chi connectivity index (χ4n) is 3.62. The Kier molecular flexibility index (Phi) is 7.29. The van der Waals surface area contributed by atoms with Gasteiger partial charge in [0.15, 0.2) is 0 Å². The fourth-order valence-corrected chi connectivity index (χ4v) is 4.74. The molecule has 0 aliphatic carbocycles. The van der Waals surface area contributed by atoms with Crippen molar-refractivity contribution in [1.82, 2.24) is 14.1 Å². The molecule has 3 amide bonds. The lowest BCUT2D eigenvalue weighted by atomic mass is 10.2. The highest BCUT2D eigenvalue weighted by Gasteiger charge is 2.32. The second kappa shape index (κ2) is 9.75. The Labute approximate surface area is 182 Å². The fraction of sp³-hybridized carbons (Fsp3) is 0.550. The zero-order valence-electron chi connectivity index (χ0n) is 17.7. The van der Waals surface area contributed by atoms with E-state index >= 15 is 0 Å². The molecule has 1 atom stereocenters. The molecule has 2 fully saturated rings. The third-order valence-electron chi connectivity index (χ3n) is 5.39. The second-order valence-corrected chi connectivity index (χ2v) is 9.72. The lowest BCUT2D eigenvalue weighted by Gasteiger charge is -2.36. The number of benzene rings is 1. The van der Waals surface area contributed by atoms with E-state index in [1.165, 1.54) is 38.2 Å². The minimum atomic E-state index is -3.86. The summed E-state index contributed by atoms with van der Waals surface area (Å²) in [5.41, 5.74) is 0.487. The van der Waals surface area contributed by atoms with Gasteiger partial charge in [0.1, 0.15) is 6.10 Å². The maximum Gasteiger partial charge on any atom is 0.251 e. The van der Waals surface area contributed by atoms with Gasteiger partial charge in [0.25, 0.3) is 5.91 Å². The smallest absolute Gasteiger partial charge is 0.251 e. The van der Waals surface area contributed by atoms with Crippen molar-refractivity contribution in [2.24, 2.45) is 0 Å². The first-order chi connectivity index (χ1) is 14.7. The Hall–Kier alpha value is -2.50. The molecule has 0 aromatic heterocycles. The van der Waals surface area contributed by atoms with Crippen LogP contribution in [0.5, 0.6) is 0 Å². The van der Waals surface area contributed by atoms with Gasteiger partial charge in [0.2, 0.25) is 21.8 Å². The van der Waals surface area contributed by atoms with E-state index in [1.807, 2.05) is 0 Å². The van der Waals surface area contributed by atoms with Gasteiger partial charge in [0.05, 0.1) is 11.4 Å². The number of sulfonamides is 1. The summed E-state index contributed by atoms with van der Waals surface area (Å²) in [6, 6.07) is 5.76. The van der Waals surface area contributed by atoms with Gasteiger partial charge in [-0.1, -0.05) is 0 Å².